The van der Waals surface area contributed by atoms with Gasteiger partial charge in [-0.15, -0.1) is 0 Å². The lowest BCUT2D eigenvalue weighted by atomic mass is 10.0. The molecule has 25 heavy (non-hydrogen) atoms. The predicted molar refractivity (Wildman–Crippen MR) is 102 cm³/mol. The first kappa shape index (κ1) is 17.6. The van der Waals surface area contributed by atoms with Gasteiger partial charge in [-0.2, -0.15) is 4.98 Å². The van der Waals surface area contributed by atoms with Gasteiger partial charge in [-0.25, -0.2) is 4.98 Å². The van der Waals surface area contributed by atoms with Gasteiger partial charge in [0, 0.05) is 57.4 Å². The number of nitrogens with zero attached hydrogens (tertiary/aromatic N) is 5. The molecule has 1 saturated heterocycles. The van der Waals surface area contributed by atoms with Crippen molar-refractivity contribution in [3.63, 3.8) is 0 Å². The van der Waals surface area contributed by atoms with E-state index in [9.17, 15) is 0 Å². The summed E-state index contributed by atoms with van der Waals surface area (Å²) >= 11 is 0. The summed E-state index contributed by atoms with van der Waals surface area (Å²) in [6.45, 7) is 5.13. The Morgan fingerprint density at radius 1 is 1.16 bits per heavy atom. The van der Waals surface area contributed by atoms with Crippen molar-refractivity contribution >= 4 is 11.8 Å². The molecular formula is C19H28N6. The summed E-state index contributed by atoms with van der Waals surface area (Å²) in [5, 5.41) is 3.70. The summed E-state index contributed by atoms with van der Waals surface area (Å²) in [7, 11) is 3.97. The van der Waals surface area contributed by atoms with Crippen LogP contribution >= 0.6 is 0 Å². The second-order valence-corrected chi connectivity index (χ2v) is 6.88. The zero-order chi connectivity index (χ0) is 17.6. The van der Waals surface area contributed by atoms with E-state index in [4.69, 9.17) is 4.98 Å². The number of anilines is 2. The van der Waals surface area contributed by atoms with Gasteiger partial charge in [0.2, 0.25) is 5.95 Å². The first-order valence-electron chi connectivity index (χ1n) is 9.02. The molecule has 6 heteroatoms. The SMILES string of the molecule is Cc1cc(N2CCC(NCCc3ccncc3)CC2)nc(N(C)C)n1. The van der Waals surface area contributed by atoms with E-state index in [1.165, 1.54) is 5.56 Å². The molecule has 1 N–H and O–H groups in total. The number of pyridine rings is 1. The van der Waals surface area contributed by atoms with Crippen molar-refractivity contribution in [2.24, 2.45) is 0 Å². The van der Waals surface area contributed by atoms with Gasteiger partial charge in [0.1, 0.15) is 5.82 Å². The third kappa shape index (κ3) is 4.89. The van der Waals surface area contributed by atoms with Crippen molar-refractivity contribution in [1.82, 2.24) is 20.3 Å². The summed E-state index contributed by atoms with van der Waals surface area (Å²) in [6, 6.07) is 6.85. The van der Waals surface area contributed by atoms with Crippen LogP contribution in [0.1, 0.15) is 24.1 Å². The molecular weight excluding hydrogens is 312 g/mol. The molecule has 3 rings (SSSR count). The number of aromatic nitrogens is 3. The van der Waals surface area contributed by atoms with Crippen LogP contribution in [0.4, 0.5) is 11.8 Å². The van der Waals surface area contributed by atoms with Crippen molar-refractivity contribution in [3.05, 3.63) is 41.9 Å². The van der Waals surface area contributed by atoms with Gasteiger partial charge in [0.25, 0.3) is 0 Å². The van der Waals surface area contributed by atoms with Crippen LogP contribution in [0.3, 0.4) is 0 Å². The third-order valence-corrected chi connectivity index (χ3v) is 4.64. The normalized spacial score (nSPS) is 15.4. The van der Waals surface area contributed by atoms with Gasteiger partial charge in [0.15, 0.2) is 0 Å². The largest absolute Gasteiger partial charge is 0.356 e. The molecule has 134 valence electrons. The van der Waals surface area contributed by atoms with Gasteiger partial charge in [-0.05, 0) is 50.4 Å². The lowest BCUT2D eigenvalue weighted by Gasteiger charge is -2.33. The fraction of sp³-hybridized carbons (Fsp3) is 0.526. The second-order valence-electron chi connectivity index (χ2n) is 6.88. The van der Waals surface area contributed by atoms with E-state index in [-0.39, 0.29) is 0 Å². The highest BCUT2D eigenvalue weighted by atomic mass is 15.3. The Balaban J connectivity index is 1.48. The maximum atomic E-state index is 4.70. The lowest BCUT2D eigenvalue weighted by Crippen LogP contribution is -2.43. The van der Waals surface area contributed by atoms with Crippen molar-refractivity contribution in [2.75, 3.05) is 43.5 Å². The van der Waals surface area contributed by atoms with E-state index in [0.717, 1.165) is 56.4 Å². The molecule has 0 radical (unpaired) electrons. The number of hydrogen-bond donors (Lipinski definition) is 1. The van der Waals surface area contributed by atoms with Gasteiger partial charge in [0.05, 0.1) is 0 Å². The van der Waals surface area contributed by atoms with Crippen LogP contribution in [0.25, 0.3) is 0 Å². The highest BCUT2D eigenvalue weighted by Gasteiger charge is 2.20. The van der Waals surface area contributed by atoms with Crippen molar-refractivity contribution < 1.29 is 0 Å². The minimum atomic E-state index is 0.592. The molecule has 2 aromatic rings. The van der Waals surface area contributed by atoms with E-state index in [1.54, 1.807) is 0 Å². The minimum absolute atomic E-state index is 0.592. The molecule has 0 bridgehead atoms. The van der Waals surface area contributed by atoms with E-state index < -0.39 is 0 Å². The van der Waals surface area contributed by atoms with Gasteiger partial charge in [-0.3, -0.25) is 4.98 Å². The number of piperidine rings is 1. The maximum Gasteiger partial charge on any atom is 0.226 e. The molecule has 0 unspecified atom stereocenters. The Bertz CT molecular complexity index is 665. The van der Waals surface area contributed by atoms with E-state index in [2.05, 4.69) is 38.4 Å². The van der Waals surface area contributed by atoms with E-state index in [1.807, 2.05) is 38.3 Å². The first-order valence-corrected chi connectivity index (χ1v) is 9.02. The Labute approximate surface area is 150 Å². The molecule has 0 aromatic carbocycles. The van der Waals surface area contributed by atoms with Crippen LogP contribution in [0.5, 0.6) is 0 Å². The summed E-state index contributed by atoms with van der Waals surface area (Å²) in [5.41, 5.74) is 2.36. The van der Waals surface area contributed by atoms with Crippen LogP contribution in [-0.4, -0.2) is 54.7 Å². The Morgan fingerprint density at radius 2 is 1.88 bits per heavy atom. The minimum Gasteiger partial charge on any atom is -0.356 e. The highest BCUT2D eigenvalue weighted by Crippen LogP contribution is 2.20. The molecule has 0 saturated carbocycles. The van der Waals surface area contributed by atoms with Gasteiger partial charge in [-0.1, -0.05) is 0 Å². The number of rotatable bonds is 6. The molecule has 1 aliphatic heterocycles. The first-order chi connectivity index (χ1) is 12.1. The Hall–Kier alpha value is -2.21. The molecule has 0 amide bonds. The quantitative estimate of drug-likeness (QED) is 0.868. The monoisotopic (exact) mass is 340 g/mol. The van der Waals surface area contributed by atoms with Crippen LogP contribution in [-0.2, 0) is 6.42 Å². The standard InChI is InChI=1S/C19H28N6/c1-15-14-18(23-19(22-15)24(2)3)25-12-7-17(8-13-25)21-11-6-16-4-9-20-10-5-16/h4-5,9-10,14,17,21H,6-8,11-13H2,1-3H3. The summed E-state index contributed by atoms with van der Waals surface area (Å²) in [5.74, 6) is 1.83. The molecule has 0 spiro atoms. The fourth-order valence-electron chi connectivity index (χ4n) is 3.18. The van der Waals surface area contributed by atoms with Crippen LogP contribution in [0.2, 0.25) is 0 Å². The van der Waals surface area contributed by atoms with Crippen LogP contribution in [0.15, 0.2) is 30.6 Å². The predicted octanol–water partition coefficient (Wildman–Crippen LogP) is 2.05. The van der Waals surface area contributed by atoms with Crippen molar-refractivity contribution in [1.29, 1.82) is 0 Å². The smallest absolute Gasteiger partial charge is 0.226 e. The summed E-state index contributed by atoms with van der Waals surface area (Å²) in [6.07, 6.45) is 7.08. The van der Waals surface area contributed by atoms with E-state index >= 15 is 0 Å². The van der Waals surface area contributed by atoms with Gasteiger partial charge < -0.3 is 15.1 Å². The molecule has 0 aliphatic carbocycles. The molecule has 1 aliphatic rings. The molecule has 6 nitrogen and oxygen atoms in total. The average molecular weight is 340 g/mol. The second kappa shape index (κ2) is 8.25. The molecule has 0 atom stereocenters. The van der Waals surface area contributed by atoms with Crippen LogP contribution < -0.4 is 15.1 Å². The zero-order valence-electron chi connectivity index (χ0n) is 15.4. The van der Waals surface area contributed by atoms with Crippen molar-refractivity contribution in [2.45, 2.75) is 32.2 Å². The molecule has 3 heterocycles. The Kier molecular flexibility index (Phi) is 5.81. The zero-order valence-corrected chi connectivity index (χ0v) is 15.4. The number of nitrogens with one attached hydrogen (secondary N) is 1. The number of hydrogen-bond acceptors (Lipinski definition) is 6. The lowest BCUT2D eigenvalue weighted by molar-refractivity contribution is 0.416. The Morgan fingerprint density at radius 3 is 2.56 bits per heavy atom. The topological polar surface area (TPSA) is 57.2 Å². The summed E-state index contributed by atoms with van der Waals surface area (Å²) < 4.78 is 0. The fourth-order valence-corrected chi connectivity index (χ4v) is 3.18. The summed E-state index contributed by atoms with van der Waals surface area (Å²) in [4.78, 5) is 17.6. The van der Waals surface area contributed by atoms with Crippen molar-refractivity contribution in [3.8, 4) is 0 Å². The highest BCUT2D eigenvalue weighted by molar-refractivity contribution is 5.45. The molecule has 1 fully saturated rings. The third-order valence-electron chi connectivity index (χ3n) is 4.64. The average Bonchev–Trinajstić information content (AvgIpc) is 2.62. The van der Waals surface area contributed by atoms with Crippen LogP contribution in [0, 0.1) is 6.92 Å². The maximum absolute atomic E-state index is 4.70. The molecule has 2 aromatic heterocycles. The van der Waals surface area contributed by atoms with E-state index in [0.29, 0.717) is 6.04 Å². The number of aryl methyl sites for hydroxylation is 1. The van der Waals surface area contributed by atoms with Gasteiger partial charge >= 0.3 is 0 Å².